The van der Waals surface area contributed by atoms with Gasteiger partial charge >= 0.3 is 0 Å². The second-order valence-corrected chi connectivity index (χ2v) is 6.07. The van der Waals surface area contributed by atoms with Crippen LogP contribution in [0.15, 0.2) is 24.3 Å². The van der Waals surface area contributed by atoms with E-state index in [0.717, 1.165) is 42.8 Å². The van der Waals surface area contributed by atoms with E-state index < -0.39 is 6.10 Å². The molecule has 2 rings (SSSR count). The number of hydrogen-bond donors (Lipinski definition) is 1. The maximum absolute atomic E-state index is 10.3. The summed E-state index contributed by atoms with van der Waals surface area (Å²) in [4.78, 5) is 2.38. The first-order valence-corrected chi connectivity index (χ1v) is 7.73. The molecule has 0 aliphatic carbocycles. The third-order valence-corrected chi connectivity index (χ3v) is 4.26. The second-order valence-electron chi connectivity index (χ2n) is 6.07. The highest BCUT2D eigenvalue weighted by Crippen LogP contribution is 2.26. The van der Waals surface area contributed by atoms with Gasteiger partial charge in [0.2, 0.25) is 0 Å². The van der Waals surface area contributed by atoms with Crippen LogP contribution in [-0.2, 0) is 0 Å². The van der Waals surface area contributed by atoms with Crippen molar-refractivity contribution in [1.82, 2.24) is 4.90 Å². The molecule has 1 heterocycles. The van der Waals surface area contributed by atoms with Gasteiger partial charge in [0.1, 0.15) is 5.75 Å². The molecule has 0 aromatic heterocycles. The lowest BCUT2D eigenvalue weighted by Gasteiger charge is -2.21. The number of likely N-dealkylation sites (tertiary alicyclic amines) is 1. The molecule has 1 fully saturated rings. The molecule has 0 spiro atoms. The van der Waals surface area contributed by atoms with Gasteiger partial charge in [-0.05, 0) is 49.4 Å². The summed E-state index contributed by atoms with van der Waals surface area (Å²) in [6.45, 7) is 10.2. The topological polar surface area (TPSA) is 32.7 Å². The monoisotopic (exact) mass is 277 g/mol. The van der Waals surface area contributed by atoms with Crippen LogP contribution >= 0.6 is 0 Å². The van der Waals surface area contributed by atoms with E-state index in [1.807, 2.05) is 31.2 Å². The number of ether oxygens (including phenoxy) is 1. The van der Waals surface area contributed by atoms with Gasteiger partial charge in [-0.2, -0.15) is 0 Å². The molecule has 20 heavy (non-hydrogen) atoms. The minimum absolute atomic E-state index is 0.406. The van der Waals surface area contributed by atoms with E-state index >= 15 is 0 Å². The molecule has 2 unspecified atom stereocenters. The van der Waals surface area contributed by atoms with Gasteiger partial charge < -0.3 is 14.7 Å². The van der Waals surface area contributed by atoms with Gasteiger partial charge in [0.25, 0.3) is 0 Å². The van der Waals surface area contributed by atoms with Crippen LogP contribution < -0.4 is 4.74 Å². The van der Waals surface area contributed by atoms with Crippen molar-refractivity contribution in [3.8, 4) is 5.75 Å². The zero-order valence-corrected chi connectivity index (χ0v) is 12.9. The van der Waals surface area contributed by atoms with Crippen molar-refractivity contribution in [3.05, 3.63) is 29.8 Å². The Morgan fingerprint density at radius 3 is 2.55 bits per heavy atom. The van der Waals surface area contributed by atoms with Gasteiger partial charge in [-0.3, -0.25) is 0 Å². The molecule has 0 radical (unpaired) electrons. The van der Waals surface area contributed by atoms with Crippen LogP contribution in [0.3, 0.4) is 0 Å². The zero-order valence-electron chi connectivity index (χ0n) is 12.9. The average Bonchev–Trinajstić information content (AvgIpc) is 2.88. The lowest BCUT2D eigenvalue weighted by molar-refractivity contribution is 0.122. The molecule has 1 aromatic carbocycles. The summed E-state index contributed by atoms with van der Waals surface area (Å²) < 4.78 is 5.42. The molecular formula is C17H27NO2. The van der Waals surface area contributed by atoms with E-state index in [4.69, 9.17) is 4.74 Å². The van der Waals surface area contributed by atoms with Crippen LogP contribution in [-0.4, -0.2) is 36.2 Å². The lowest BCUT2D eigenvalue weighted by atomic mass is 9.95. The Bertz CT molecular complexity index is 402. The van der Waals surface area contributed by atoms with Crippen LogP contribution in [0.2, 0.25) is 0 Å². The fraction of sp³-hybridized carbons (Fsp3) is 0.647. The molecule has 0 bridgehead atoms. The van der Waals surface area contributed by atoms with Crippen molar-refractivity contribution in [1.29, 1.82) is 0 Å². The van der Waals surface area contributed by atoms with Gasteiger partial charge in [-0.1, -0.05) is 26.0 Å². The molecule has 112 valence electrons. The predicted molar refractivity (Wildman–Crippen MR) is 82.0 cm³/mol. The Kier molecular flexibility index (Phi) is 5.44. The number of hydrogen-bond acceptors (Lipinski definition) is 3. The van der Waals surface area contributed by atoms with Crippen molar-refractivity contribution < 1.29 is 9.84 Å². The van der Waals surface area contributed by atoms with Crippen molar-refractivity contribution in [2.75, 3.05) is 26.2 Å². The van der Waals surface area contributed by atoms with Gasteiger partial charge in [-0.25, -0.2) is 0 Å². The summed E-state index contributed by atoms with van der Waals surface area (Å²) in [6, 6.07) is 7.79. The van der Waals surface area contributed by atoms with Gasteiger partial charge in [-0.15, -0.1) is 0 Å². The third-order valence-electron chi connectivity index (χ3n) is 4.26. The Morgan fingerprint density at radius 2 is 2.00 bits per heavy atom. The SMILES string of the molecule is CCOc1ccc(C(O)CN2CCC(C(C)C)C2)cc1. The summed E-state index contributed by atoms with van der Waals surface area (Å²) in [5, 5.41) is 10.3. The first kappa shape index (κ1) is 15.3. The summed E-state index contributed by atoms with van der Waals surface area (Å²) in [6.07, 6.45) is 0.852. The number of benzene rings is 1. The second kappa shape index (κ2) is 7.09. The van der Waals surface area contributed by atoms with Crippen molar-refractivity contribution in [3.63, 3.8) is 0 Å². The summed E-state index contributed by atoms with van der Waals surface area (Å²) in [5.74, 6) is 2.38. The molecule has 1 aromatic rings. The molecule has 1 N–H and O–H groups in total. The fourth-order valence-electron chi connectivity index (χ4n) is 2.88. The highest BCUT2D eigenvalue weighted by molar-refractivity contribution is 5.28. The minimum Gasteiger partial charge on any atom is -0.494 e. The van der Waals surface area contributed by atoms with E-state index in [-0.39, 0.29) is 0 Å². The average molecular weight is 277 g/mol. The maximum Gasteiger partial charge on any atom is 0.119 e. The zero-order chi connectivity index (χ0) is 14.5. The van der Waals surface area contributed by atoms with Crippen LogP contribution in [0, 0.1) is 11.8 Å². The summed E-state index contributed by atoms with van der Waals surface area (Å²) >= 11 is 0. The molecule has 3 nitrogen and oxygen atoms in total. The lowest BCUT2D eigenvalue weighted by Crippen LogP contribution is -2.27. The van der Waals surface area contributed by atoms with Gasteiger partial charge in [0.15, 0.2) is 0 Å². The molecule has 3 heteroatoms. The van der Waals surface area contributed by atoms with Crippen LogP contribution in [0.25, 0.3) is 0 Å². The number of β-amino-alcohol motifs (C(OH)–C–C–N with tert-alkyl or cyclic N) is 1. The first-order valence-electron chi connectivity index (χ1n) is 7.73. The summed E-state index contributed by atoms with van der Waals surface area (Å²) in [5.41, 5.74) is 0.974. The highest BCUT2D eigenvalue weighted by atomic mass is 16.5. The number of rotatable bonds is 6. The van der Waals surface area contributed by atoms with Gasteiger partial charge in [0.05, 0.1) is 12.7 Å². The normalized spacial score (nSPS) is 21.4. The van der Waals surface area contributed by atoms with E-state index in [1.54, 1.807) is 0 Å². The number of aliphatic hydroxyl groups excluding tert-OH is 1. The Morgan fingerprint density at radius 1 is 1.30 bits per heavy atom. The van der Waals surface area contributed by atoms with E-state index in [0.29, 0.717) is 6.61 Å². The van der Waals surface area contributed by atoms with Crippen molar-refractivity contribution >= 4 is 0 Å². The number of aliphatic hydroxyl groups is 1. The number of nitrogens with zero attached hydrogens (tertiary/aromatic N) is 1. The Balaban J connectivity index is 1.87. The van der Waals surface area contributed by atoms with Crippen molar-refractivity contribution in [2.45, 2.75) is 33.3 Å². The molecule has 0 amide bonds. The van der Waals surface area contributed by atoms with Crippen LogP contribution in [0.5, 0.6) is 5.75 Å². The summed E-state index contributed by atoms with van der Waals surface area (Å²) in [7, 11) is 0. The van der Waals surface area contributed by atoms with E-state index in [2.05, 4.69) is 18.7 Å². The third kappa shape index (κ3) is 3.97. The molecule has 1 saturated heterocycles. The molecule has 2 atom stereocenters. The standard InChI is InChI=1S/C17H27NO2/c1-4-20-16-7-5-14(6-8-16)17(19)12-18-10-9-15(11-18)13(2)3/h5-8,13,15,17,19H,4,9-12H2,1-3H3. The van der Waals surface area contributed by atoms with E-state index in [1.165, 1.54) is 6.42 Å². The Hall–Kier alpha value is -1.06. The Labute approximate surface area is 122 Å². The van der Waals surface area contributed by atoms with E-state index in [9.17, 15) is 5.11 Å². The van der Waals surface area contributed by atoms with Crippen LogP contribution in [0.4, 0.5) is 0 Å². The smallest absolute Gasteiger partial charge is 0.119 e. The molecule has 1 aliphatic heterocycles. The van der Waals surface area contributed by atoms with Crippen molar-refractivity contribution in [2.24, 2.45) is 11.8 Å². The predicted octanol–water partition coefficient (Wildman–Crippen LogP) is 3.10. The molecule has 1 aliphatic rings. The molecule has 0 saturated carbocycles. The quantitative estimate of drug-likeness (QED) is 0.867. The highest BCUT2D eigenvalue weighted by Gasteiger charge is 2.26. The van der Waals surface area contributed by atoms with Gasteiger partial charge in [0, 0.05) is 13.1 Å². The maximum atomic E-state index is 10.3. The van der Waals surface area contributed by atoms with Crippen LogP contribution in [0.1, 0.15) is 38.9 Å². The first-order chi connectivity index (χ1) is 9.60. The minimum atomic E-state index is -0.406. The largest absolute Gasteiger partial charge is 0.494 e. The molecular weight excluding hydrogens is 250 g/mol. The fourth-order valence-corrected chi connectivity index (χ4v) is 2.88.